The lowest BCUT2D eigenvalue weighted by Crippen LogP contribution is -2.32. The third-order valence-corrected chi connectivity index (χ3v) is 4.13. The first-order valence-corrected chi connectivity index (χ1v) is 7.38. The molecule has 7 nitrogen and oxygen atoms in total. The highest BCUT2D eigenvalue weighted by Crippen LogP contribution is 2.34. The molecular formula is C12H15N3O4S. The van der Waals surface area contributed by atoms with Crippen LogP contribution >= 0.6 is 11.8 Å². The molecule has 8 heteroatoms. The molecule has 20 heavy (non-hydrogen) atoms. The third-order valence-electron chi connectivity index (χ3n) is 3.45. The van der Waals surface area contributed by atoms with E-state index in [-0.39, 0.29) is 6.61 Å². The average molecular weight is 297 g/mol. The van der Waals surface area contributed by atoms with E-state index < -0.39 is 24.4 Å². The summed E-state index contributed by atoms with van der Waals surface area (Å²) in [5, 5.41) is 29.8. The molecule has 1 aliphatic heterocycles. The number of aromatic nitrogens is 3. The Kier molecular flexibility index (Phi) is 3.65. The van der Waals surface area contributed by atoms with Crippen LogP contribution in [0.2, 0.25) is 0 Å². The molecule has 2 aromatic heterocycles. The smallest absolute Gasteiger partial charge is 0.169 e. The number of aliphatic hydroxyl groups excluding tert-OH is 3. The van der Waals surface area contributed by atoms with Crippen LogP contribution in [-0.2, 0) is 4.74 Å². The van der Waals surface area contributed by atoms with E-state index in [1.165, 1.54) is 11.8 Å². The van der Waals surface area contributed by atoms with Crippen molar-refractivity contribution in [2.45, 2.75) is 29.4 Å². The molecule has 2 aromatic rings. The number of aliphatic hydroxyl groups is 3. The predicted octanol–water partition coefficient (Wildman–Crippen LogP) is -0.395. The van der Waals surface area contributed by atoms with Crippen LogP contribution in [0.15, 0.2) is 23.6 Å². The molecule has 3 N–H and O–H groups in total. The molecule has 1 fully saturated rings. The Hall–Kier alpha value is -1.19. The SMILES string of the molecule is CSc1nccn2c([C@@H]3O[C@H](CO)[C@@H](O)[C@H]3O)cnc12. The van der Waals surface area contributed by atoms with Gasteiger partial charge in [0.2, 0.25) is 0 Å². The van der Waals surface area contributed by atoms with Crippen molar-refractivity contribution in [1.29, 1.82) is 0 Å². The molecular weight excluding hydrogens is 282 g/mol. The maximum Gasteiger partial charge on any atom is 0.169 e. The number of hydrogen-bond acceptors (Lipinski definition) is 7. The normalized spacial score (nSPS) is 30.2. The Morgan fingerprint density at radius 1 is 1.35 bits per heavy atom. The van der Waals surface area contributed by atoms with Crippen molar-refractivity contribution < 1.29 is 20.1 Å². The number of imidazole rings is 1. The lowest BCUT2D eigenvalue weighted by molar-refractivity contribution is -0.0241. The minimum absolute atomic E-state index is 0.344. The summed E-state index contributed by atoms with van der Waals surface area (Å²) in [5.41, 5.74) is 1.30. The quantitative estimate of drug-likeness (QED) is 0.663. The molecule has 0 aromatic carbocycles. The fourth-order valence-corrected chi connectivity index (χ4v) is 2.91. The minimum atomic E-state index is -1.11. The van der Waals surface area contributed by atoms with Crippen molar-refractivity contribution in [2.24, 2.45) is 0 Å². The Morgan fingerprint density at radius 3 is 2.80 bits per heavy atom. The Labute approximate surface area is 119 Å². The molecule has 1 aliphatic rings. The maximum atomic E-state index is 10.1. The van der Waals surface area contributed by atoms with Crippen LogP contribution in [-0.4, -0.2) is 60.9 Å². The summed E-state index contributed by atoms with van der Waals surface area (Å²) in [6, 6.07) is 0. The van der Waals surface area contributed by atoms with Gasteiger partial charge < -0.3 is 20.1 Å². The second-order valence-corrected chi connectivity index (χ2v) is 5.37. The van der Waals surface area contributed by atoms with Gasteiger partial charge >= 0.3 is 0 Å². The molecule has 0 radical (unpaired) electrons. The topological polar surface area (TPSA) is 100 Å². The van der Waals surface area contributed by atoms with Gasteiger partial charge in [0.05, 0.1) is 18.5 Å². The standard InChI is InChI=1S/C12H15N3O4S/c1-20-12-11-14-4-6(15(11)3-2-13-12)10-9(18)8(17)7(5-16)19-10/h2-4,7-10,16-18H,5H2,1H3/t7-,8-,9-,10+/m1/s1. The highest BCUT2D eigenvalue weighted by atomic mass is 32.2. The van der Waals surface area contributed by atoms with Crippen LogP contribution in [0.4, 0.5) is 0 Å². The van der Waals surface area contributed by atoms with E-state index in [2.05, 4.69) is 9.97 Å². The molecule has 0 aliphatic carbocycles. The zero-order chi connectivity index (χ0) is 14.3. The fraction of sp³-hybridized carbons (Fsp3) is 0.500. The summed E-state index contributed by atoms with van der Waals surface area (Å²) >= 11 is 1.47. The summed E-state index contributed by atoms with van der Waals surface area (Å²) < 4.78 is 7.30. The van der Waals surface area contributed by atoms with Gasteiger partial charge in [-0.2, -0.15) is 0 Å². The fourth-order valence-electron chi connectivity index (χ4n) is 2.41. The Balaban J connectivity index is 2.03. The number of nitrogens with zero attached hydrogens (tertiary/aromatic N) is 3. The van der Waals surface area contributed by atoms with Crippen molar-refractivity contribution in [1.82, 2.24) is 14.4 Å². The molecule has 1 saturated heterocycles. The zero-order valence-corrected chi connectivity index (χ0v) is 11.6. The second kappa shape index (κ2) is 5.30. The first-order chi connectivity index (χ1) is 9.67. The van der Waals surface area contributed by atoms with E-state index in [0.717, 1.165) is 5.03 Å². The molecule has 0 saturated carbocycles. The van der Waals surface area contributed by atoms with Crippen molar-refractivity contribution in [2.75, 3.05) is 12.9 Å². The molecule has 0 bridgehead atoms. The number of hydrogen-bond donors (Lipinski definition) is 3. The van der Waals surface area contributed by atoms with E-state index in [1.54, 1.807) is 23.0 Å². The monoisotopic (exact) mass is 297 g/mol. The number of thioether (sulfide) groups is 1. The van der Waals surface area contributed by atoms with Crippen LogP contribution in [0, 0.1) is 0 Å². The lowest BCUT2D eigenvalue weighted by Gasteiger charge is -2.14. The highest BCUT2D eigenvalue weighted by molar-refractivity contribution is 7.98. The summed E-state index contributed by atoms with van der Waals surface area (Å²) in [6.07, 6.45) is 3.14. The van der Waals surface area contributed by atoms with Gasteiger partial charge in [-0.15, -0.1) is 11.8 Å². The first kappa shape index (κ1) is 13.8. The Morgan fingerprint density at radius 2 is 2.15 bits per heavy atom. The molecule has 0 unspecified atom stereocenters. The van der Waals surface area contributed by atoms with E-state index in [9.17, 15) is 10.2 Å². The number of rotatable bonds is 3. The zero-order valence-electron chi connectivity index (χ0n) is 10.7. The summed E-state index contributed by atoms with van der Waals surface area (Å²) in [6.45, 7) is -0.344. The van der Waals surface area contributed by atoms with Crippen LogP contribution in [0.3, 0.4) is 0 Å². The van der Waals surface area contributed by atoms with Gasteiger partial charge in [0.1, 0.15) is 29.4 Å². The van der Waals surface area contributed by atoms with Gasteiger partial charge in [-0.1, -0.05) is 0 Å². The first-order valence-electron chi connectivity index (χ1n) is 6.15. The molecule has 108 valence electrons. The van der Waals surface area contributed by atoms with Gasteiger partial charge in [-0.05, 0) is 6.26 Å². The van der Waals surface area contributed by atoms with Gasteiger partial charge in [-0.25, -0.2) is 9.97 Å². The van der Waals surface area contributed by atoms with E-state index in [0.29, 0.717) is 11.3 Å². The molecule has 3 heterocycles. The molecule has 3 rings (SSSR count). The molecule has 0 spiro atoms. The van der Waals surface area contributed by atoms with E-state index in [1.807, 2.05) is 6.26 Å². The van der Waals surface area contributed by atoms with Crippen molar-refractivity contribution in [3.05, 3.63) is 24.3 Å². The van der Waals surface area contributed by atoms with E-state index >= 15 is 0 Å². The third kappa shape index (κ3) is 2.00. The number of ether oxygens (including phenoxy) is 1. The van der Waals surface area contributed by atoms with Crippen molar-refractivity contribution in [3.8, 4) is 0 Å². The maximum absolute atomic E-state index is 10.1. The van der Waals surface area contributed by atoms with Crippen LogP contribution in [0.1, 0.15) is 11.8 Å². The average Bonchev–Trinajstić information content (AvgIpc) is 3.01. The van der Waals surface area contributed by atoms with Gasteiger partial charge in [0, 0.05) is 12.4 Å². The van der Waals surface area contributed by atoms with Crippen molar-refractivity contribution in [3.63, 3.8) is 0 Å². The lowest BCUT2D eigenvalue weighted by atomic mass is 10.1. The highest BCUT2D eigenvalue weighted by Gasteiger charge is 2.44. The Bertz CT molecular complexity index is 620. The molecule has 4 atom stereocenters. The summed E-state index contributed by atoms with van der Waals surface area (Å²) in [5.74, 6) is 0. The minimum Gasteiger partial charge on any atom is -0.394 e. The van der Waals surface area contributed by atoms with E-state index in [4.69, 9.17) is 9.84 Å². The van der Waals surface area contributed by atoms with Gasteiger partial charge in [-0.3, -0.25) is 4.40 Å². The van der Waals surface area contributed by atoms with Crippen LogP contribution in [0.5, 0.6) is 0 Å². The summed E-state index contributed by atoms with van der Waals surface area (Å²) in [7, 11) is 0. The second-order valence-electron chi connectivity index (χ2n) is 4.57. The predicted molar refractivity (Wildman–Crippen MR) is 71.5 cm³/mol. The van der Waals surface area contributed by atoms with Crippen molar-refractivity contribution >= 4 is 17.4 Å². The van der Waals surface area contributed by atoms with Crippen LogP contribution < -0.4 is 0 Å². The number of fused-ring (bicyclic) bond motifs is 1. The summed E-state index contributed by atoms with van der Waals surface area (Å²) in [4.78, 5) is 8.51. The van der Waals surface area contributed by atoms with Crippen LogP contribution in [0.25, 0.3) is 5.65 Å². The van der Waals surface area contributed by atoms with Gasteiger partial charge in [0.25, 0.3) is 0 Å². The van der Waals surface area contributed by atoms with Gasteiger partial charge in [0.15, 0.2) is 5.65 Å². The molecule has 0 amide bonds. The largest absolute Gasteiger partial charge is 0.394 e.